The second-order valence-corrected chi connectivity index (χ2v) is 26.2. The molecule has 0 aromatic carbocycles. The van der Waals surface area contributed by atoms with Gasteiger partial charge in [-0.3, -0.25) is 32.5 Å². The highest BCUT2D eigenvalue weighted by molar-refractivity contribution is 7.47. The Hall–Kier alpha value is -3.27. The minimum Gasteiger partial charge on any atom is -0.463 e. The summed E-state index contributed by atoms with van der Waals surface area (Å²) in [6, 6.07) is 0. The van der Waals surface area contributed by atoms with Gasteiger partial charge in [0.1, 0.15) is 25.4 Å². The number of aliphatic hydroxyl groups excluding tert-OH is 2. The van der Waals surface area contributed by atoms with Crippen molar-refractivity contribution in [2.45, 2.75) is 309 Å². The summed E-state index contributed by atoms with van der Waals surface area (Å²) < 4.78 is 60.8. The van der Waals surface area contributed by atoms with E-state index in [4.69, 9.17) is 32.3 Å². The topological polar surface area (TPSA) is 231 Å². The van der Waals surface area contributed by atoms with Gasteiger partial charge in [0.25, 0.3) is 0 Å². The first-order valence-electron chi connectivity index (χ1n) is 34.9. The molecule has 516 valence electrons. The molecule has 18 heteroatoms. The number of carbonyl (C=O) groups excluding carboxylic acids is 3. The molecule has 0 rings (SSSR count). The van der Waals surface area contributed by atoms with Crippen molar-refractivity contribution in [3.05, 3.63) is 85.1 Å². The summed E-state index contributed by atoms with van der Waals surface area (Å²) in [5.41, 5.74) is 0. The number of phosphoric ester groups is 2. The Kier molecular flexibility index (Phi) is 62.4. The molecule has 0 aliphatic carbocycles. The van der Waals surface area contributed by atoms with Crippen LogP contribution in [0.5, 0.6) is 0 Å². The Labute approximate surface area is 540 Å². The predicted octanol–water partition coefficient (Wildman–Crippen LogP) is 19.3. The van der Waals surface area contributed by atoms with Gasteiger partial charge in [-0.1, -0.05) is 241 Å². The van der Waals surface area contributed by atoms with Gasteiger partial charge in [0.15, 0.2) is 6.10 Å². The molecular weight excluding hydrogens is 1170 g/mol. The van der Waals surface area contributed by atoms with E-state index >= 15 is 0 Å². The van der Waals surface area contributed by atoms with Crippen molar-refractivity contribution in [3.8, 4) is 0 Å². The molecule has 0 aliphatic heterocycles. The number of phosphoric acid groups is 2. The Balaban J connectivity index is 4.53. The number of esters is 3. The molecule has 16 nitrogen and oxygen atoms in total. The van der Waals surface area contributed by atoms with Gasteiger partial charge < -0.3 is 34.2 Å². The minimum atomic E-state index is -4.92. The molecule has 5 unspecified atom stereocenters. The zero-order valence-electron chi connectivity index (χ0n) is 55.8. The molecule has 0 radical (unpaired) electrons. The van der Waals surface area contributed by atoms with Crippen molar-refractivity contribution < 1.29 is 75.8 Å². The van der Waals surface area contributed by atoms with Crippen LogP contribution in [0.2, 0.25) is 0 Å². The summed E-state index contributed by atoms with van der Waals surface area (Å²) in [5, 5.41) is 20.5. The third-order valence-electron chi connectivity index (χ3n) is 14.5. The van der Waals surface area contributed by atoms with Crippen LogP contribution >= 0.6 is 15.6 Å². The van der Waals surface area contributed by atoms with E-state index in [9.17, 15) is 43.5 Å². The highest BCUT2D eigenvalue weighted by Crippen LogP contribution is 2.45. The first-order valence-corrected chi connectivity index (χ1v) is 37.9. The van der Waals surface area contributed by atoms with Crippen molar-refractivity contribution >= 4 is 33.6 Å². The van der Waals surface area contributed by atoms with Gasteiger partial charge >= 0.3 is 33.6 Å². The van der Waals surface area contributed by atoms with Crippen LogP contribution < -0.4 is 0 Å². The number of carbonyl (C=O) groups is 3. The van der Waals surface area contributed by atoms with Gasteiger partial charge in [-0.25, -0.2) is 9.13 Å². The molecule has 89 heavy (non-hydrogen) atoms. The molecule has 0 aromatic rings. The fourth-order valence-corrected chi connectivity index (χ4v) is 10.8. The Bertz CT molecular complexity index is 1970. The average molecular weight is 1300 g/mol. The third-order valence-corrected chi connectivity index (χ3v) is 16.4. The number of ether oxygens (including phenoxy) is 3. The number of allylic oxidation sites excluding steroid dienone is 14. The zero-order valence-corrected chi connectivity index (χ0v) is 57.6. The summed E-state index contributed by atoms with van der Waals surface area (Å²) in [6.07, 6.45) is 69.2. The largest absolute Gasteiger partial charge is 0.472 e. The predicted molar refractivity (Wildman–Crippen MR) is 362 cm³/mol. The minimum absolute atomic E-state index is 0.0875. The lowest BCUT2D eigenvalue weighted by atomic mass is 10.1. The van der Waals surface area contributed by atoms with Crippen LogP contribution in [0.15, 0.2) is 85.1 Å². The van der Waals surface area contributed by atoms with Gasteiger partial charge in [-0.2, -0.15) is 0 Å². The SMILES string of the molecule is CCC/C=C\C/C=C\CCCCCCCC(=O)OC(COC(=O)CCCCCCC/C=C\CCCCCCCC)COP(=O)(O)OCC(O)COP(=O)(O)OCC(O)COC(=O)CCCCCCCCCCC/C=C\C/C=C\C/C=C\C/C=C\CCCCC. The summed E-state index contributed by atoms with van der Waals surface area (Å²) in [7, 11) is -9.78. The van der Waals surface area contributed by atoms with E-state index in [0.29, 0.717) is 19.3 Å². The fraction of sp³-hybridized carbons (Fsp3) is 0.761. The Morgan fingerprint density at radius 3 is 0.966 bits per heavy atom. The zero-order chi connectivity index (χ0) is 65.3. The van der Waals surface area contributed by atoms with Gasteiger partial charge in [0.2, 0.25) is 0 Å². The summed E-state index contributed by atoms with van der Waals surface area (Å²) in [5.74, 6) is -1.60. The van der Waals surface area contributed by atoms with Crippen molar-refractivity contribution in [2.75, 3.05) is 39.6 Å². The molecule has 0 saturated carbocycles. The van der Waals surface area contributed by atoms with E-state index in [1.54, 1.807) is 0 Å². The second-order valence-electron chi connectivity index (χ2n) is 23.3. The number of hydrogen-bond acceptors (Lipinski definition) is 14. The Morgan fingerprint density at radius 1 is 0.315 bits per heavy atom. The molecular formula is C71H126O16P2. The lowest BCUT2D eigenvalue weighted by Gasteiger charge is -2.21. The number of rotatable bonds is 66. The van der Waals surface area contributed by atoms with Crippen LogP contribution in [0, 0.1) is 0 Å². The summed E-state index contributed by atoms with van der Waals surface area (Å²) in [6.45, 7) is 2.55. The fourth-order valence-electron chi connectivity index (χ4n) is 9.17. The smallest absolute Gasteiger partial charge is 0.463 e. The van der Waals surface area contributed by atoms with Crippen LogP contribution in [0.3, 0.4) is 0 Å². The van der Waals surface area contributed by atoms with Crippen LogP contribution in [0.25, 0.3) is 0 Å². The highest BCUT2D eigenvalue weighted by Gasteiger charge is 2.29. The lowest BCUT2D eigenvalue weighted by molar-refractivity contribution is -0.161. The normalized spacial score (nSPS) is 14.7. The van der Waals surface area contributed by atoms with Gasteiger partial charge in [0.05, 0.1) is 26.4 Å². The van der Waals surface area contributed by atoms with Crippen LogP contribution in [-0.4, -0.2) is 95.9 Å². The van der Waals surface area contributed by atoms with E-state index in [-0.39, 0.29) is 19.3 Å². The summed E-state index contributed by atoms with van der Waals surface area (Å²) in [4.78, 5) is 58.3. The second kappa shape index (κ2) is 64.8. The number of aliphatic hydroxyl groups is 2. The lowest BCUT2D eigenvalue weighted by Crippen LogP contribution is -2.30. The molecule has 0 heterocycles. The van der Waals surface area contributed by atoms with Crippen molar-refractivity contribution in [2.24, 2.45) is 0 Å². The van der Waals surface area contributed by atoms with Gasteiger partial charge in [-0.15, -0.1) is 0 Å². The maximum atomic E-state index is 12.9. The molecule has 0 amide bonds. The van der Waals surface area contributed by atoms with Gasteiger partial charge in [0, 0.05) is 19.3 Å². The molecule has 0 aliphatic rings. The average Bonchev–Trinajstić information content (AvgIpc) is 3.68. The molecule has 5 atom stereocenters. The maximum absolute atomic E-state index is 12.9. The van der Waals surface area contributed by atoms with Crippen molar-refractivity contribution in [3.63, 3.8) is 0 Å². The van der Waals surface area contributed by atoms with E-state index < -0.39 is 91.5 Å². The highest BCUT2D eigenvalue weighted by atomic mass is 31.2. The van der Waals surface area contributed by atoms with E-state index in [0.717, 1.165) is 141 Å². The van der Waals surface area contributed by atoms with Crippen LogP contribution in [-0.2, 0) is 55.8 Å². The number of hydrogen-bond donors (Lipinski definition) is 4. The van der Waals surface area contributed by atoms with E-state index in [2.05, 4.69) is 106 Å². The van der Waals surface area contributed by atoms with Crippen LogP contribution in [0.1, 0.15) is 290 Å². The van der Waals surface area contributed by atoms with E-state index in [1.807, 2.05) is 0 Å². The van der Waals surface area contributed by atoms with E-state index in [1.165, 1.54) is 89.9 Å². The molecule has 0 bridgehead atoms. The molecule has 0 saturated heterocycles. The van der Waals surface area contributed by atoms with Gasteiger partial charge in [-0.05, 0) is 116 Å². The molecule has 0 spiro atoms. The monoisotopic (exact) mass is 1300 g/mol. The molecule has 0 fully saturated rings. The van der Waals surface area contributed by atoms with Crippen LogP contribution in [0.4, 0.5) is 0 Å². The first kappa shape index (κ1) is 85.7. The Morgan fingerprint density at radius 2 is 0.584 bits per heavy atom. The maximum Gasteiger partial charge on any atom is 0.472 e. The number of unbranched alkanes of at least 4 members (excludes halogenated alkanes) is 29. The molecule has 0 aromatic heterocycles. The molecule has 4 N–H and O–H groups in total. The van der Waals surface area contributed by atoms with Crippen molar-refractivity contribution in [1.82, 2.24) is 0 Å². The standard InChI is InChI=1S/C71H126O16P2/c1-4-7-10-13-16-19-22-25-27-28-29-30-31-32-33-34-35-36-38-41-42-45-48-51-54-57-69(74)81-60-66(72)61-83-88(77,78)84-62-67(73)63-85-89(79,80)86-65-68(87-71(76)59-56-53-50-47-44-39-24-21-18-15-12-9-6-3)64-82-70(75)58-55-52-49-46-43-40-37-26-23-20-17-14-11-8-5-2/h12,15-16,19,21,24-27,29-30,32-33,37,66-68,72-73H,4-11,13-14,17-18,20,22-23,28,31,34-36,38-65H2,1-3H3,(H,77,78)(H,79,80)/b15-12-,19-16-,24-21-,27-25-,30-29-,33-32-,37-26-. The van der Waals surface area contributed by atoms with Crippen molar-refractivity contribution in [1.29, 1.82) is 0 Å². The third kappa shape index (κ3) is 66.0. The first-order chi connectivity index (χ1) is 43.2. The quantitative estimate of drug-likeness (QED) is 0.0146. The summed E-state index contributed by atoms with van der Waals surface area (Å²) >= 11 is 0.